The first-order valence-electron chi connectivity index (χ1n) is 6.81. The maximum absolute atomic E-state index is 5.28. The first-order chi connectivity index (χ1) is 10.6. The molecule has 0 fully saturated rings. The number of anilines is 1. The van der Waals surface area contributed by atoms with E-state index in [0.717, 1.165) is 29.2 Å². The summed E-state index contributed by atoms with van der Waals surface area (Å²) >= 11 is 5.20. The maximum Gasteiger partial charge on any atom is 0.175 e. The number of benzene rings is 1. The minimum absolute atomic E-state index is 0.508. The Bertz CT molecular complexity index is 643. The summed E-state index contributed by atoms with van der Waals surface area (Å²) in [7, 11) is 3.24. The Morgan fingerprint density at radius 3 is 2.64 bits per heavy atom. The van der Waals surface area contributed by atoms with Gasteiger partial charge < -0.3 is 24.6 Å². The van der Waals surface area contributed by atoms with Gasteiger partial charge in [0.05, 0.1) is 14.2 Å². The molecule has 2 rings (SSSR count). The third kappa shape index (κ3) is 4.36. The molecule has 7 heteroatoms. The molecule has 0 atom stereocenters. The highest BCUT2D eigenvalue weighted by Crippen LogP contribution is 2.27. The van der Waals surface area contributed by atoms with Crippen molar-refractivity contribution in [1.29, 1.82) is 0 Å². The highest BCUT2D eigenvalue weighted by Gasteiger charge is 2.05. The number of hydrogen-bond acceptors (Lipinski definition) is 5. The molecule has 0 saturated heterocycles. The number of ether oxygens (including phenoxy) is 2. The molecule has 0 bridgehead atoms. The molecule has 0 unspecified atom stereocenters. The predicted octanol–water partition coefficient (Wildman–Crippen LogP) is 2.53. The zero-order valence-electron chi connectivity index (χ0n) is 12.8. The summed E-state index contributed by atoms with van der Waals surface area (Å²) in [6.07, 6.45) is 0.806. The lowest BCUT2D eigenvalue weighted by Crippen LogP contribution is -2.30. The Labute approximate surface area is 134 Å². The Balaban J connectivity index is 1.82. The molecule has 0 spiro atoms. The summed E-state index contributed by atoms with van der Waals surface area (Å²) in [5, 5.41) is 10.4. The highest BCUT2D eigenvalue weighted by atomic mass is 32.1. The van der Waals surface area contributed by atoms with E-state index < -0.39 is 0 Å². The van der Waals surface area contributed by atoms with Gasteiger partial charge in [-0.1, -0.05) is 11.2 Å². The minimum Gasteiger partial charge on any atom is -0.493 e. The average Bonchev–Trinajstić information content (AvgIpc) is 2.92. The van der Waals surface area contributed by atoms with Crippen molar-refractivity contribution in [3.63, 3.8) is 0 Å². The molecule has 0 amide bonds. The van der Waals surface area contributed by atoms with Crippen molar-refractivity contribution in [2.75, 3.05) is 26.1 Å². The van der Waals surface area contributed by atoms with Gasteiger partial charge >= 0.3 is 0 Å². The second-order valence-corrected chi connectivity index (χ2v) is 5.05. The maximum atomic E-state index is 5.28. The molecule has 0 aliphatic rings. The summed E-state index contributed by atoms with van der Waals surface area (Å²) in [5.74, 6) is 2.77. The van der Waals surface area contributed by atoms with Gasteiger partial charge in [-0.05, 0) is 43.3 Å². The number of nitrogens with zero attached hydrogens (tertiary/aromatic N) is 1. The van der Waals surface area contributed by atoms with Crippen LogP contribution in [0, 0.1) is 6.92 Å². The fourth-order valence-electron chi connectivity index (χ4n) is 1.94. The van der Waals surface area contributed by atoms with E-state index in [1.54, 1.807) is 20.3 Å². The zero-order valence-corrected chi connectivity index (χ0v) is 13.6. The SMILES string of the molecule is COc1ccc(CCNC(=S)Nc2cc(C)on2)cc1OC. The van der Waals surface area contributed by atoms with E-state index in [1.807, 2.05) is 25.1 Å². The number of methoxy groups -OCH3 is 2. The van der Waals surface area contributed by atoms with Crippen molar-refractivity contribution >= 4 is 23.1 Å². The summed E-state index contributed by atoms with van der Waals surface area (Å²) in [5.41, 5.74) is 1.13. The molecule has 6 nitrogen and oxygen atoms in total. The molecule has 0 radical (unpaired) electrons. The van der Waals surface area contributed by atoms with Gasteiger partial charge in [0.1, 0.15) is 5.76 Å². The fourth-order valence-corrected chi connectivity index (χ4v) is 2.15. The Morgan fingerprint density at radius 1 is 1.23 bits per heavy atom. The van der Waals surface area contributed by atoms with Crippen LogP contribution in [-0.2, 0) is 6.42 Å². The zero-order chi connectivity index (χ0) is 15.9. The van der Waals surface area contributed by atoms with Gasteiger partial charge in [0.15, 0.2) is 22.4 Å². The molecular formula is C15H19N3O3S. The second kappa shape index (κ2) is 7.65. The summed E-state index contributed by atoms with van der Waals surface area (Å²) in [6.45, 7) is 2.52. The van der Waals surface area contributed by atoms with E-state index in [2.05, 4.69) is 15.8 Å². The summed E-state index contributed by atoms with van der Waals surface area (Å²) < 4.78 is 15.5. The molecule has 118 valence electrons. The van der Waals surface area contributed by atoms with Crippen molar-refractivity contribution < 1.29 is 14.0 Å². The smallest absolute Gasteiger partial charge is 0.175 e. The van der Waals surface area contributed by atoms with E-state index in [0.29, 0.717) is 17.5 Å². The summed E-state index contributed by atoms with van der Waals surface area (Å²) in [6, 6.07) is 7.63. The van der Waals surface area contributed by atoms with Crippen molar-refractivity contribution in [2.45, 2.75) is 13.3 Å². The van der Waals surface area contributed by atoms with Gasteiger partial charge in [-0.25, -0.2) is 0 Å². The lowest BCUT2D eigenvalue weighted by atomic mass is 10.1. The highest BCUT2D eigenvalue weighted by molar-refractivity contribution is 7.80. The molecule has 22 heavy (non-hydrogen) atoms. The molecule has 0 aliphatic heterocycles. The molecule has 2 N–H and O–H groups in total. The van der Waals surface area contributed by atoms with E-state index in [-0.39, 0.29) is 0 Å². The molecular weight excluding hydrogens is 302 g/mol. The largest absolute Gasteiger partial charge is 0.493 e. The quantitative estimate of drug-likeness (QED) is 0.792. The van der Waals surface area contributed by atoms with Crippen molar-refractivity contribution in [3.8, 4) is 11.5 Å². The van der Waals surface area contributed by atoms with Gasteiger partial charge in [0, 0.05) is 12.6 Å². The minimum atomic E-state index is 0.508. The summed E-state index contributed by atoms with van der Waals surface area (Å²) in [4.78, 5) is 0. The molecule has 0 aliphatic carbocycles. The second-order valence-electron chi connectivity index (χ2n) is 4.64. The van der Waals surface area contributed by atoms with E-state index in [4.69, 9.17) is 26.2 Å². The van der Waals surface area contributed by atoms with E-state index in [1.165, 1.54) is 0 Å². The lowest BCUT2D eigenvalue weighted by Gasteiger charge is -2.11. The van der Waals surface area contributed by atoms with Crippen LogP contribution < -0.4 is 20.1 Å². The van der Waals surface area contributed by atoms with Crippen molar-refractivity contribution in [1.82, 2.24) is 10.5 Å². The number of thiocarbonyl (C=S) groups is 1. The number of nitrogens with one attached hydrogen (secondary N) is 2. The van der Waals surface area contributed by atoms with Crippen molar-refractivity contribution in [2.24, 2.45) is 0 Å². The average molecular weight is 321 g/mol. The monoisotopic (exact) mass is 321 g/mol. The van der Waals surface area contributed by atoms with Crippen LogP contribution in [0.15, 0.2) is 28.8 Å². The normalized spacial score (nSPS) is 10.1. The molecule has 1 heterocycles. The van der Waals surface area contributed by atoms with Gasteiger partial charge in [0.2, 0.25) is 0 Å². The van der Waals surface area contributed by atoms with Gasteiger partial charge in [-0.2, -0.15) is 0 Å². The predicted molar refractivity (Wildman–Crippen MR) is 88.7 cm³/mol. The number of aromatic nitrogens is 1. The van der Waals surface area contributed by atoms with Gasteiger partial charge in [-0.3, -0.25) is 0 Å². The van der Waals surface area contributed by atoms with E-state index >= 15 is 0 Å². The fraction of sp³-hybridized carbons (Fsp3) is 0.333. The van der Waals surface area contributed by atoms with Crippen LogP contribution >= 0.6 is 12.2 Å². The lowest BCUT2D eigenvalue weighted by molar-refractivity contribution is 0.354. The van der Waals surface area contributed by atoms with Crippen LogP contribution in [0.25, 0.3) is 0 Å². The first-order valence-corrected chi connectivity index (χ1v) is 7.22. The molecule has 2 aromatic rings. The molecule has 1 aromatic carbocycles. The van der Waals surface area contributed by atoms with Crippen LogP contribution in [-0.4, -0.2) is 31.0 Å². The number of aryl methyl sites for hydroxylation is 1. The van der Waals surface area contributed by atoms with Crippen molar-refractivity contribution in [3.05, 3.63) is 35.6 Å². The Morgan fingerprint density at radius 2 is 2.00 bits per heavy atom. The molecule has 0 saturated carbocycles. The van der Waals surface area contributed by atoms with Gasteiger partial charge in [-0.15, -0.1) is 0 Å². The molecule has 1 aromatic heterocycles. The van der Waals surface area contributed by atoms with E-state index in [9.17, 15) is 0 Å². The van der Waals surface area contributed by atoms with Gasteiger partial charge in [0.25, 0.3) is 0 Å². The third-order valence-electron chi connectivity index (χ3n) is 3.02. The Kier molecular flexibility index (Phi) is 5.60. The third-order valence-corrected chi connectivity index (χ3v) is 3.26. The number of hydrogen-bond donors (Lipinski definition) is 2. The number of rotatable bonds is 6. The van der Waals surface area contributed by atoms with Crippen LogP contribution in [0.4, 0.5) is 5.82 Å². The van der Waals surface area contributed by atoms with Crippen LogP contribution in [0.2, 0.25) is 0 Å². The topological polar surface area (TPSA) is 68.5 Å². The van der Waals surface area contributed by atoms with Crippen LogP contribution in [0.1, 0.15) is 11.3 Å². The standard InChI is InChI=1S/C15H19N3O3S/c1-10-8-14(18-21-10)17-15(22)16-7-6-11-4-5-12(19-2)13(9-11)20-3/h4-5,8-9H,6-7H2,1-3H3,(H2,16,17,18,22). The first kappa shape index (κ1) is 16.1. The van der Waals surface area contributed by atoms with Crippen LogP contribution in [0.5, 0.6) is 11.5 Å². The Hall–Kier alpha value is -2.28. The van der Waals surface area contributed by atoms with Crippen LogP contribution in [0.3, 0.4) is 0 Å².